The highest BCUT2D eigenvalue weighted by Crippen LogP contribution is 2.27. The molecule has 0 aromatic heterocycles. The normalized spacial score (nSPS) is 18.4. The van der Waals surface area contributed by atoms with Crippen LogP contribution in [0, 0.1) is 0 Å². The molecule has 20 heavy (non-hydrogen) atoms. The quantitative estimate of drug-likeness (QED) is 0.898. The molecule has 0 radical (unpaired) electrons. The zero-order valence-corrected chi connectivity index (χ0v) is 11.9. The van der Waals surface area contributed by atoms with Crippen LogP contribution in [0.4, 0.5) is 0 Å². The van der Waals surface area contributed by atoms with Crippen molar-refractivity contribution < 1.29 is 4.74 Å². The van der Waals surface area contributed by atoms with Crippen LogP contribution >= 0.6 is 0 Å². The Morgan fingerprint density at radius 1 is 1.10 bits per heavy atom. The number of para-hydroxylation sites is 1. The predicted octanol–water partition coefficient (Wildman–Crippen LogP) is 3.21. The van der Waals surface area contributed by atoms with Gasteiger partial charge < -0.3 is 10.1 Å². The molecule has 0 saturated heterocycles. The Balaban J connectivity index is 1.47. The Bertz CT molecular complexity index is 527. The van der Waals surface area contributed by atoms with E-state index in [0.29, 0.717) is 6.04 Å². The summed E-state index contributed by atoms with van der Waals surface area (Å²) in [6, 6.07) is 19.4. The van der Waals surface area contributed by atoms with E-state index in [1.807, 2.05) is 6.07 Å². The molecule has 2 unspecified atom stereocenters. The minimum atomic E-state index is 0.269. The van der Waals surface area contributed by atoms with Crippen LogP contribution in [-0.2, 0) is 12.8 Å². The first-order valence-electron chi connectivity index (χ1n) is 7.33. The first-order valence-corrected chi connectivity index (χ1v) is 7.33. The molecular weight excluding hydrogens is 246 g/mol. The van der Waals surface area contributed by atoms with Crippen molar-refractivity contribution in [3.05, 3.63) is 65.7 Å². The molecule has 0 aliphatic carbocycles. The van der Waals surface area contributed by atoms with Gasteiger partial charge in [-0.05, 0) is 30.5 Å². The number of hydrogen-bond acceptors (Lipinski definition) is 2. The van der Waals surface area contributed by atoms with Gasteiger partial charge in [0.15, 0.2) is 0 Å². The smallest absolute Gasteiger partial charge is 0.123 e. The Labute approximate surface area is 120 Å². The first-order chi connectivity index (χ1) is 9.81. The maximum atomic E-state index is 5.95. The minimum Gasteiger partial charge on any atom is -0.488 e. The van der Waals surface area contributed by atoms with Crippen LogP contribution in [0.15, 0.2) is 54.6 Å². The van der Waals surface area contributed by atoms with Crippen molar-refractivity contribution in [3.8, 4) is 5.75 Å². The summed E-state index contributed by atoms with van der Waals surface area (Å²) in [5.74, 6) is 1.05. The fourth-order valence-corrected chi connectivity index (χ4v) is 2.74. The summed E-state index contributed by atoms with van der Waals surface area (Å²) < 4.78 is 5.95. The SMILES string of the molecule is CC(Cc1ccccc1)NCC1Cc2ccccc2O1. The van der Waals surface area contributed by atoms with Crippen molar-refractivity contribution in [2.24, 2.45) is 0 Å². The van der Waals surface area contributed by atoms with E-state index in [2.05, 4.69) is 60.8 Å². The number of ether oxygens (including phenoxy) is 1. The van der Waals surface area contributed by atoms with Crippen molar-refractivity contribution in [1.82, 2.24) is 5.32 Å². The van der Waals surface area contributed by atoms with Crippen molar-refractivity contribution in [1.29, 1.82) is 0 Å². The second-order valence-corrected chi connectivity index (χ2v) is 5.55. The third-order valence-corrected chi connectivity index (χ3v) is 3.79. The van der Waals surface area contributed by atoms with Crippen molar-refractivity contribution in [3.63, 3.8) is 0 Å². The number of fused-ring (bicyclic) bond motifs is 1. The number of hydrogen-bond donors (Lipinski definition) is 1. The van der Waals surface area contributed by atoms with Crippen LogP contribution in [0.2, 0.25) is 0 Å². The average molecular weight is 267 g/mol. The molecular formula is C18H21NO. The maximum Gasteiger partial charge on any atom is 0.123 e. The monoisotopic (exact) mass is 267 g/mol. The van der Waals surface area contributed by atoms with Gasteiger partial charge in [-0.2, -0.15) is 0 Å². The summed E-state index contributed by atoms with van der Waals surface area (Å²) in [6.07, 6.45) is 2.34. The Morgan fingerprint density at radius 3 is 2.65 bits per heavy atom. The molecule has 1 aliphatic heterocycles. The van der Waals surface area contributed by atoms with E-state index in [-0.39, 0.29) is 6.10 Å². The predicted molar refractivity (Wildman–Crippen MR) is 82.2 cm³/mol. The summed E-state index contributed by atoms with van der Waals surface area (Å²) >= 11 is 0. The number of rotatable bonds is 5. The van der Waals surface area contributed by atoms with Crippen LogP contribution in [0.1, 0.15) is 18.1 Å². The summed E-state index contributed by atoms with van der Waals surface area (Å²) in [5, 5.41) is 3.58. The van der Waals surface area contributed by atoms with Gasteiger partial charge in [-0.1, -0.05) is 48.5 Å². The molecule has 2 aromatic carbocycles. The molecule has 0 spiro atoms. The lowest BCUT2D eigenvalue weighted by molar-refractivity contribution is 0.222. The van der Waals surface area contributed by atoms with Gasteiger partial charge in [0.05, 0.1) is 0 Å². The van der Waals surface area contributed by atoms with Gasteiger partial charge in [-0.3, -0.25) is 0 Å². The van der Waals surface area contributed by atoms with Crippen molar-refractivity contribution >= 4 is 0 Å². The molecule has 1 aliphatic rings. The Hall–Kier alpha value is -1.80. The van der Waals surface area contributed by atoms with Crippen LogP contribution in [-0.4, -0.2) is 18.7 Å². The zero-order valence-electron chi connectivity index (χ0n) is 11.9. The average Bonchev–Trinajstić information content (AvgIpc) is 2.89. The highest BCUT2D eigenvalue weighted by atomic mass is 16.5. The van der Waals surface area contributed by atoms with E-state index in [4.69, 9.17) is 4.74 Å². The molecule has 2 heteroatoms. The summed E-state index contributed by atoms with van der Waals surface area (Å²) in [7, 11) is 0. The summed E-state index contributed by atoms with van der Waals surface area (Å²) in [5.41, 5.74) is 2.71. The second kappa shape index (κ2) is 6.10. The van der Waals surface area contributed by atoms with Crippen LogP contribution < -0.4 is 10.1 Å². The second-order valence-electron chi connectivity index (χ2n) is 5.55. The van der Waals surface area contributed by atoms with Crippen molar-refractivity contribution in [2.75, 3.05) is 6.54 Å². The van der Waals surface area contributed by atoms with E-state index in [9.17, 15) is 0 Å². The Morgan fingerprint density at radius 2 is 1.85 bits per heavy atom. The molecule has 0 bridgehead atoms. The molecule has 3 rings (SSSR count). The minimum absolute atomic E-state index is 0.269. The van der Waals surface area contributed by atoms with E-state index in [0.717, 1.165) is 25.1 Å². The fraction of sp³-hybridized carbons (Fsp3) is 0.333. The third kappa shape index (κ3) is 3.20. The van der Waals surface area contributed by atoms with Crippen LogP contribution in [0.25, 0.3) is 0 Å². The van der Waals surface area contributed by atoms with E-state index in [1.165, 1.54) is 11.1 Å². The molecule has 0 saturated carbocycles. The highest BCUT2D eigenvalue weighted by molar-refractivity contribution is 5.37. The summed E-state index contributed by atoms with van der Waals surface area (Å²) in [4.78, 5) is 0. The lowest BCUT2D eigenvalue weighted by Crippen LogP contribution is -2.36. The van der Waals surface area contributed by atoms with E-state index >= 15 is 0 Å². The van der Waals surface area contributed by atoms with Crippen molar-refractivity contribution in [2.45, 2.75) is 31.9 Å². The van der Waals surface area contributed by atoms with Gasteiger partial charge >= 0.3 is 0 Å². The third-order valence-electron chi connectivity index (χ3n) is 3.79. The lowest BCUT2D eigenvalue weighted by atomic mass is 10.1. The fourth-order valence-electron chi connectivity index (χ4n) is 2.74. The van der Waals surface area contributed by atoms with Gasteiger partial charge in [0.2, 0.25) is 0 Å². The summed E-state index contributed by atoms with van der Waals surface area (Å²) in [6.45, 7) is 3.14. The van der Waals surface area contributed by atoms with Gasteiger partial charge in [0, 0.05) is 19.0 Å². The molecule has 1 N–H and O–H groups in total. The maximum absolute atomic E-state index is 5.95. The molecule has 104 valence electrons. The van der Waals surface area contributed by atoms with Gasteiger partial charge in [0.1, 0.15) is 11.9 Å². The molecule has 0 fully saturated rings. The first kappa shape index (κ1) is 13.2. The number of nitrogens with one attached hydrogen (secondary N) is 1. The van der Waals surface area contributed by atoms with E-state index < -0.39 is 0 Å². The topological polar surface area (TPSA) is 21.3 Å². The van der Waals surface area contributed by atoms with Gasteiger partial charge in [-0.25, -0.2) is 0 Å². The van der Waals surface area contributed by atoms with Gasteiger partial charge in [-0.15, -0.1) is 0 Å². The zero-order chi connectivity index (χ0) is 13.8. The standard InChI is InChI=1S/C18H21NO/c1-14(11-15-7-3-2-4-8-15)19-13-17-12-16-9-5-6-10-18(16)20-17/h2-10,14,17,19H,11-13H2,1H3. The molecule has 1 heterocycles. The van der Waals surface area contributed by atoms with Gasteiger partial charge in [0.25, 0.3) is 0 Å². The Kier molecular flexibility index (Phi) is 4.03. The molecule has 2 atom stereocenters. The molecule has 2 nitrogen and oxygen atoms in total. The van der Waals surface area contributed by atoms with Crippen LogP contribution in [0.5, 0.6) is 5.75 Å². The molecule has 0 amide bonds. The van der Waals surface area contributed by atoms with Crippen LogP contribution in [0.3, 0.4) is 0 Å². The lowest BCUT2D eigenvalue weighted by Gasteiger charge is -2.17. The highest BCUT2D eigenvalue weighted by Gasteiger charge is 2.22. The largest absolute Gasteiger partial charge is 0.488 e. The van der Waals surface area contributed by atoms with E-state index in [1.54, 1.807) is 0 Å². The number of benzene rings is 2. The molecule has 2 aromatic rings.